The number of benzene rings is 2. The van der Waals surface area contributed by atoms with Crippen LogP contribution in [0, 0.1) is 12.7 Å². The monoisotopic (exact) mass is 381 g/mol. The van der Waals surface area contributed by atoms with E-state index < -0.39 is 17.5 Å². The molecular formula is C19H16FN5O3. The van der Waals surface area contributed by atoms with Crippen molar-refractivity contribution in [2.24, 2.45) is 0 Å². The second kappa shape index (κ2) is 6.45. The SMILES string of the molecule is CCN(C(=O)O)c1nc2c(C)c(-c3n[nH]c(=O)c4ccc(F)cc34)ccc2[nH]1. The number of aromatic amines is 2. The number of hydrogen-bond acceptors (Lipinski definition) is 4. The van der Waals surface area contributed by atoms with Crippen molar-refractivity contribution in [3.8, 4) is 11.3 Å². The fourth-order valence-corrected chi connectivity index (χ4v) is 3.30. The van der Waals surface area contributed by atoms with Crippen LogP contribution in [0.25, 0.3) is 33.1 Å². The van der Waals surface area contributed by atoms with Crippen LogP contribution in [-0.2, 0) is 0 Å². The van der Waals surface area contributed by atoms with Crippen LogP contribution in [0.5, 0.6) is 0 Å². The predicted octanol–water partition coefficient (Wildman–Crippen LogP) is 3.42. The van der Waals surface area contributed by atoms with Gasteiger partial charge >= 0.3 is 6.09 Å². The summed E-state index contributed by atoms with van der Waals surface area (Å²) in [5, 5.41) is 16.6. The van der Waals surface area contributed by atoms with E-state index in [-0.39, 0.29) is 12.5 Å². The highest BCUT2D eigenvalue weighted by Crippen LogP contribution is 2.32. The molecule has 0 spiro atoms. The maximum atomic E-state index is 13.8. The minimum atomic E-state index is -1.11. The number of imidazole rings is 1. The molecule has 0 bridgehead atoms. The lowest BCUT2D eigenvalue weighted by atomic mass is 10.00. The van der Waals surface area contributed by atoms with E-state index in [9.17, 15) is 19.1 Å². The van der Waals surface area contributed by atoms with Gasteiger partial charge in [-0.15, -0.1) is 0 Å². The van der Waals surface area contributed by atoms with Crippen molar-refractivity contribution in [3.05, 3.63) is 52.1 Å². The van der Waals surface area contributed by atoms with Crippen LogP contribution in [0.4, 0.5) is 15.1 Å². The first-order valence-electron chi connectivity index (χ1n) is 8.58. The van der Waals surface area contributed by atoms with Gasteiger partial charge in [0.25, 0.3) is 5.56 Å². The lowest BCUT2D eigenvalue weighted by Crippen LogP contribution is -2.29. The molecule has 0 aliphatic carbocycles. The van der Waals surface area contributed by atoms with E-state index in [1.807, 2.05) is 6.92 Å². The van der Waals surface area contributed by atoms with Crippen LogP contribution in [0.3, 0.4) is 0 Å². The Hall–Kier alpha value is -3.75. The van der Waals surface area contributed by atoms with Crippen LogP contribution < -0.4 is 10.5 Å². The number of aromatic nitrogens is 4. The summed E-state index contributed by atoms with van der Waals surface area (Å²) < 4.78 is 13.8. The second-order valence-corrected chi connectivity index (χ2v) is 6.31. The van der Waals surface area contributed by atoms with Crippen LogP contribution in [-0.4, -0.2) is 37.9 Å². The smallest absolute Gasteiger partial charge is 0.414 e. The molecule has 1 amide bonds. The Morgan fingerprint density at radius 3 is 2.75 bits per heavy atom. The van der Waals surface area contributed by atoms with Crippen molar-refractivity contribution in [2.45, 2.75) is 13.8 Å². The molecule has 2 heterocycles. The van der Waals surface area contributed by atoms with Gasteiger partial charge in [-0.05, 0) is 43.7 Å². The highest BCUT2D eigenvalue weighted by Gasteiger charge is 2.19. The number of hydrogen-bond donors (Lipinski definition) is 3. The Kier molecular flexibility index (Phi) is 4.07. The molecule has 0 saturated carbocycles. The van der Waals surface area contributed by atoms with Crippen molar-refractivity contribution in [1.29, 1.82) is 0 Å². The zero-order valence-corrected chi connectivity index (χ0v) is 15.1. The minimum Gasteiger partial charge on any atom is -0.465 e. The van der Waals surface area contributed by atoms with Crippen LogP contribution >= 0.6 is 0 Å². The molecule has 2 aromatic carbocycles. The van der Waals surface area contributed by atoms with Crippen LogP contribution in [0.2, 0.25) is 0 Å². The topological polar surface area (TPSA) is 115 Å². The molecule has 0 atom stereocenters. The summed E-state index contributed by atoms with van der Waals surface area (Å²) in [7, 11) is 0. The summed E-state index contributed by atoms with van der Waals surface area (Å²) in [6.07, 6.45) is -1.11. The maximum Gasteiger partial charge on any atom is 0.414 e. The van der Waals surface area contributed by atoms with Gasteiger partial charge in [-0.25, -0.2) is 24.2 Å². The van der Waals surface area contributed by atoms with Gasteiger partial charge in [-0.1, -0.05) is 6.07 Å². The zero-order valence-electron chi connectivity index (χ0n) is 15.1. The predicted molar refractivity (Wildman–Crippen MR) is 103 cm³/mol. The normalized spacial score (nSPS) is 11.2. The molecule has 3 N–H and O–H groups in total. The summed E-state index contributed by atoms with van der Waals surface area (Å²) in [4.78, 5) is 31.9. The Morgan fingerprint density at radius 1 is 1.25 bits per heavy atom. The third-order valence-electron chi connectivity index (χ3n) is 4.70. The van der Waals surface area contributed by atoms with E-state index in [1.165, 1.54) is 18.2 Å². The number of amides is 1. The summed E-state index contributed by atoms with van der Waals surface area (Å²) in [6, 6.07) is 7.45. The molecular weight excluding hydrogens is 365 g/mol. The molecule has 0 unspecified atom stereocenters. The third kappa shape index (κ3) is 2.68. The molecule has 0 aliphatic heterocycles. The number of aryl methyl sites for hydroxylation is 1. The molecule has 28 heavy (non-hydrogen) atoms. The quantitative estimate of drug-likeness (QED) is 0.503. The number of anilines is 1. The van der Waals surface area contributed by atoms with E-state index in [0.29, 0.717) is 33.1 Å². The molecule has 0 fully saturated rings. The fourth-order valence-electron chi connectivity index (χ4n) is 3.30. The summed E-state index contributed by atoms with van der Waals surface area (Å²) in [5.41, 5.74) is 2.64. The standard InChI is InChI=1S/C19H16FN5O3/c1-3-25(19(27)28)18-21-14-7-6-11(9(2)15(14)22-18)16-13-8-10(20)4-5-12(13)17(26)24-23-16/h4-8H,3H2,1-2H3,(H,21,22)(H,24,26)(H,27,28). The van der Waals surface area contributed by atoms with E-state index in [1.54, 1.807) is 19.1 Å². The van der Waals surface area contributed by atoms with E-state index >= 15 is 0 Å². The van der Waals surface area contributed by atoms with Gasteiger partial charge in [0.2, 0.25) is 5.95 Å². The van der Waals surface area contributed by atoms with Gasteiger partial charge in [0, 0.05) is 17.5 Å². The molecule has 2 aromatic heterocycles. The number of halogens is 1. The molecule has 4 rings (SSSR count). The largest absolute Gasteiger partial charge is 0.465 e. The highest BCUT2D eigenvalue weighted by atomic mass is 19.1. The van der Waals surface area contributed by atoms with Gasteiger partial charge in [0.05, 0.1) is 22.1 Å². The Bertz CT molecular complexity index is 1290. The highest BCUT2D eigenvalue weighted by molar-refractivity contribution is 5.98. The minimum absolute atomic E-state index is 0.218. The van der Waals surface area contributed by atoms with Crippen molar-refractivity contribution in [1.82, 2.24) is 20.2 Å². The van der Waals surface area contributed by atoms with Crippen molar-refractivity contribution in [3.63, 3.8) is 0 Å². The van der Waals surface area contributed by atoms with Crippen LogP contribution in [0.15, 0.2) is 35.1 Å². The number of fused-ring (bicyclic) bond motifs is 2. The van der Waals surface area contributed by atoms with Gasteiger partial charge in [-0.3, -0.25) is 4.79 Å². The number of nitrogens with zero attached hydrogens (tertiary/aromatic N) is 3. The first-order chi connectivity index (χ1) is 13.4. The lowest BCUT2D eigenvalue weighted by molar-refractivity contribution is 0.202. The first kappa shape index (κ1) is 17.7. The first-order valence-corrected chi connectivity index (χ1v) is 8.58. The van der Waals surface area contributed by atoms with Crippen molar-refractivity contribution in [2.75, 3.05) is 11.4 Å². The van der Waals surface area contributed by atoms with Gasteiger partial charge in [-0.2, -0.15) is 5.10 Å². The number of nitrogens with one attached hydrogen (secondary N) is 2. The second-order valence-electron chi connectivity index (χ2n) is 6.31. The van der Waals surface area contributed by atoms with Gasteiger partial charge in [0.1, 0.15) is 5.82 Å². The zero-order chi connectivity index (χ0) is 20.0. The lowest BCUT2D eigenvalue weighted by Gasteiger charge is -2.12. The number of carbonyl (C=O) groups is 1. The molecule has 0 saturated heterocycles. The summed E-state index contributed by atoms with van der Waals surface area (Å²) in [5.74, 6) is -0.252. The van der Waals surface area contributed by atoms with E-state index in [2.05, 4.69) is 20.2 Å². The number of rotatable bonds is 3. The molecule has 8 nitrogen and oxygen atoms in total. The summed E-state index contributed by atoms with van der Waals surface area (Å²) >= 11 is 0. The Morgan fingerprint density at radius 2 is 2.04 bits per heavy atom. The Balaban J connectivity index is 1.96. The third-order valence-corrected chi connectivity index (χ3v) is 4.70. The van der Waals surface area contributed by atoms with Crippen molar-refractivity contribution < 1.29 is 14.3 Å². The number of carboxylic acid groups (broad SMARTS) is 1. The molecule has 4 aromatic rings. The number of H-pyrrole nitrogens is 2. The molecule has 9 heteroatoms. The average Bonchev–Trinajstić information content (AvgIpc) is 3.08. The van der Waals surface area contributed by atoms with Crippen molar-refractivity contribution >= 4 is 33.8 Å². The fraction of sp³-hybridized carbons (Fsp3) is 0.158. The van der Waals surface area contributed by atoms with Gasteiger partial charge in [0.15, 0.2) is 0 Å². The molecule has 142 valence electrons. The van der Waals surface area contributed by atoms with Gasteiger partial charge < -0.3 is 10.1 Å². The Labute approximate surface area is 157 Å². The maximum absolute atomic E-state index is 13.8. The average molecular weight is 381 g/mol. The molecule has 0 radical (unpaired) electrons. The van der Waals surface area contributed by atoms with E-state index in [4.69, 9.17) is 0 Å². The summed E-state index contributed by atoms with van der Waals surface area (Å²) in [6.45, 7) is 3.77. The van der Waals surface area contributed by atoms with E-state index in [0.717, 1.165) is 10.5 Å². The molecule has 0 aliphatic rings. The van der Waals surface area contributed by atoms with Crippen LogP contribution in [0.1, 0.15) is 12.5 Å².